The molecule has 0 saturated carbocycles. The number of hydrogen-bond donors (Lipinski definition) is 1. The standard InChI is InChI=1S/C25H26N4O6S2/c1-4-35-22-10-8-20(9-11-22)28(37(33,34)24-14-12-23(36-3)13-15-24)17-25(30)27-26-18(2)19-6-5-7-21(16-19)29(31)32/h5-16H,4,17H2,1-3H3,(H,27,30)/b26-18-. The Morgan fingerprint density at radius 3 is 2.38 bits per heavy atom. The van der Waals surface area contributed by atoms with E-state index in [1.165, 1.54) is 42.1 Å². The second kappa shape index (κ2) is 12.4. The first-order valence-electron chi connectivity index (χ1n) is 11.1. The van der Waals surface area contributed by atoms with Crippen LogP contribution in [-0.2, 0) is 14.8 Å². The highest BCUT2D eigenvalue weighted by molar-refractivity contribution is 7.98. The third kappa shape index (κ3) is 7.08. The van der Waals surface area contributed by atoms with Crippen LogP contribution in [-0.4, -0.2) is 44.4 Å². The van der Waals surface area contributed by atoms with Gasteiger partial charge in [-0.2, -0.15) is 5.10 Å². The molecule has 10 nitrogen and oxygen atoms in total. The topological polar surface area (TPSA) is 131 Å². The number of nitro groups is 1. The predicted molar refractivity (Wildman–Crippen MR) is 144 cm³/mol. The third-order valence-electron chi connectivity index (χ3n) is 5.19. The molecule has 0 radical (unpaired) electrons. The summed E-state index contributed by atoms with van der Waals surface area (Å²) in [5.41, 5.74) is 3.27. The van der Waals surface area contributed by atoms with Gasteiger partial charge >= 0.3 is 0 Å². The number of rotatable bonds is 11. The summed E-state index contributed by atoms with van der Waals surface area (Å²) < 4.78 is 33.5. The number of nitrogens with one attached hydrogen (secondary N) is 1. The van der Waals surface area contributed by atoms with Gasteiger partial charge in [0.15, 0.2) is 0 Å². The van der Waals surface area contributed by atoms with Crippen molar-refractivity contribution in [3.63, 3.8) is 0 Å². The van der Waals surface area contributed by atoms with Crippen molar-refractivity contribution < 1.29 is 22.9 Å². The third-order valence-corrected chi connectivity index (χ3v) is 7.73. The predicted octanol–water partition coefficient (Wildman–Crippen LogP) is 4.45. The summed E-state index contributed by atoms with van der Waals surface area (Å²) in [5.74, 6) is -0.127. The normalized spacial score (nSPS) is 11.6. The second-order valence-corrected chi connectivity index (χ2v) is 10.4. The minimum Gasteiger partial charge on any atom is -0.494 e. The lowest BCUT2D eigenvalue weighted by Gasteiger charge is -2.24. The molecule has 12 heteroatoms. The molecule has 0 spiro atoms. The number of nitro benzene ring substituents is 1. The number of non-ortho nitro benzene ring substituents is 1. The highest BCUT2D eigenvalue weighted by atomic mass is 32.2. The molecule has 0 aliphatic heterocycles. The fraction of sp³-hybridized carbons (Fsp3) is 0.200. The largest absolute Gasteiger partial charge is 0.494 e. The number of sulfonamides is 1. The average molecular weight is 543 g/mol. The molecular weight excluding hydrogens is 516 g/mol. The molecule has 1 N–H and O–H groups in total. The maximum absolute atomic E-state index is 13.5. The SMILES string of the molecule is CCOc1ccc(N(CC(=O)N/N=C(/C)c2cccc([N+](=O)[O-])c2)S(=O)(=O)c2ccc(SC)cc2)cc1. The molecule has 3 rings (SSSR count). The maximum Gasteiger partial charge on any atom is 0.270 e. The van der Waals surface area contributed by atoms with Crippen LogP contribution in [0.2, 0.25) is 0 Å². The number of hydrogen-bond acceptors (Lipinski definition) is 8. The number of anilines is 1. The Bertz CT molecular complexity index is 1390. The zero-order valence-electron chi connectivity index (χ0n) is 20.5. The van der Waals surface area contributed by atoms with Gasteiger partial charge in [-0.25, -0.2) is 13.8 Å². The van der Waals surface area contributed by atoms with E-state index in [2.05, 4.69) is 10.5 Å². The van der Waals surface area contributed by atoms with E-state index >= 15 is 0 Å². The molecule has 1 amide bonds. The van der Waals surface area contributed by atoms with Crippen molar-refractivity contribution in [2.24, 2.45) is 5.10 Å². The molecule has 3 aromatic carbocycles. The summed E-state index contributed by atoms with van der Waals surface area (Å²) in [7, 11) is -4.11. The van der Waals surface area contributed by atoms with Gasteiger partial charge in [-0.15, -0.1) is 11.8 Å². The number of ether oxygens (including phenoxy) is 1. The molecule has 0 unspecified atom stereocenters. The van der Waals surface area contributed by atoms with Crippen molar-refractivity contribution in [1.29, 1.82) is 0 Å². The molecule has 194 valence electrons. The summed E-state index contributed by atoms with van der Waals surface area (Å²) in [6, 6.07) is 18.6. The van der Waals surface area contributed by atoms with Crippen LogP contribution >= 0.6 is 11.8 Å². The Morgan fingerprint density at radius 2 is 1.78 bits per heavy atom. The van der Waals surface area contributed by atoms with E-state index in [9.17, 15) is 23.3 Å². The van der Waals surface area contributed by atoms with E-state index < -0.39 is 27.4 Å². The highest BCUT2D eigenvalue weighted by Gasteiger charge is 2.27. The summed E-state index contributed by atoms with van der Waals surface area (Å²) in [6.07, 6.45) is 1.89. The number of carbonyl (C=O) groups excluding carboxylic acids is 1. The van der Waals surface area contributed by atoms with Gasteiger partial charge in [-0.3, -0.25) is 19.2 Å². The van der Waals surface area contributed by atoms with Crippen LogP contribution in [0.25, 0.3) is 0 Å². The van der Waals surface area contributed by atoms with Crippen molar-refractivity contribution in [2.75, 3.05) is 23.7 Å². The number of amides is 1. The van der Waals surface area contributed by atoms with Crippen LogP contribution < -0.4 is 14.5 Å². The van der Waals surface area contributed by atoms with Crippen LogP contribution in [0.4, 0.5) is 11.4 Å². The molecule has 3 aromatic rings. The van der Waals surface area contributed by atoms with Gasteiger partial charge in [0.05, 0.1) is 27.8 Å². The van der Waals surface area contributed by atoms with Gasteiger partial charge in [-0.05, 0) is 68.6 Å². The quantitative estimate of drug-likeness (QED) is 0.164. The number of nitrogens with zero attached hydrogens (tertiary/aromatic N) is 3. The van der Waals surface area contributed by atoms with Crippen molar-refractivity contribution in [2.45, 2.75) is 23.6 Å². The number of carbonyl (C=O) groups is 1. The van der Waals surface area contributed by atoms with Crippen LogP contribution in [0, 0.1) is 10.1 Å². The fourth-order valence-corrected chi connectivity index (χ4v) is 5.12. The molecule has 0 aliphatic carbocycles. The number of thioether (sulfide) groups is 1. The number of hydrazone groups is 1. The van der Waals surface area contributed by atoms with Crippen molar-refractivity contribution >= 4 is 44.8 Å². The molecule has 37 heavy (non-hydrogen) atoms. The first-order valence-corrected chi connectivity index (χ1v) is 13.8. The Hall–Kier alpha value is -3.90. The van der Waals surface area contributed by atoms with E-state index in [1.54, 1.807) is 49.4 Å². The van der Waals surface area contributed by atoms with Crippen molar-refractivity contribution in [3.05, 3.63) is 88.5 Å². The Labute approximate surface area is 219 Å². The molecule has 0 fully saturated rings. The van der Waals surface area contributed by atoms with Gasteiger partial charge in [0, 0.05) is 22.6 Å². The summed E-state index contributed by atoms with van der Waals surface area (Å²) in [5, 5.41) is 15.0. The molecule has 0 aliphatic rings. The number of benzene rings is 3. The van der Waals surface area contributed by atoms with E-state index in [0.717, 1.165) is 9.20 Å². The van der Waals surface area contributed by atoms with E-state index in [4.69, 9.17) is 4.74 Å². The van der Waals surface area contributed by atoms with Gasteiger partial charge < -0.3 is 4.74 Å². The van der Waals surface area contributed by atoms with Crippen LogP contribution in [0.1, 0.15) is 19.4 Å². The maximum atomic E-state index is 13.5. The first kappa shape index (κ1) is 27.7. The monoisotopic (exact) mass is 542 g/mol. The van der Waals surface area contributed by atoms with Crippen molar-refractivity contribution in [1.82, 2.24) is 5.43 Å². The van der Waals surface area contributed by atoms with Gasteiger partial charge in [-0.1, -0.05) is 12.1 Å². The molecule has 0 saturated heterocycles. The van der Waals surface area contributed by atoms with Crippen LogP contribution in [0.5, 0.6) is 5.75 Å². The molecular formula is C25H26N4O6S2. The minimum absolute atomic E-state index is 0.0308. The van der Waals surface area contributed by atoms with Gasteiger partial charge in [0.25, 0.3) is 21.6 Å². The van der Waals surface area contributed by atoms with Crippen molar-refractivity contribution in [3.8, 4) is 5.75 Å². The van der Waals surface area contributed by atoms with E-state index in [1.807, 2.05) is 13.2 Å². The summed E-state index contributed by atoms with van der Waals surface area (Å²) in [6.45, 7) is 3.32. The lowest BCUT2D eigenvalue weighted by atomic mass is 10.1. The zero-order chi connectivity index (χ0) is 27.0. The minimum atomic E-state index is -4.11. The Balaban J connectivity index is 1.88. The van der Waals surface area contributed by atoms with Crippen LogP contribution in [0.15, 0.2) is 87.7 Å². The first-order chi connectivity index (χ1) is 17.6. The lowest BCUT2D eigenvalue weighted by Crippen LogP contribution is -2.39. The van der Waals surface area contributed by atoms with Crippen LogP contribution in [0.3, 0.4) is 0 Å². The zero-order valence-corrected chi connectivity index (χ0v) is 22.1. The Morgan fingerprint density at radius 1 is 1.11 bits per heavy atom. The molecule has 0 atom stereocenters. The highest BCUT2D eigenvalue weighted by Crippen LogP contribution is 2.27. The smallest absolute Gasteiger partial charge is 0.270 e. The average Bonchev–Trinajstić information content (AvgIpc) is 2.91. The molecule has 0 bridgehead atoms. The summed E-state index contributed by atoms with van der Waals surface area (Å²) >= 11 is 1.48. The van der Waals surface area contributed by atoms with E-state index in [-0.39, 0.29) is 16.3 Å². The molecule has 0 heterocycles. The lowest BCUT2D eigenvalue weighted by molar-refractivity contribution is -0.384. The summed E-state index contributed by atoms with van der Waals surface area (Å²) in [4.78, 5) is 24.3. The fourth-order valence-electron chi connectivity index (χ4n) is 3.29. The molecule has 0 aromatic heterocycles. The van der Waals surface area contributed by atoms with E-state index in [0.29, 0.717) is 23.6 Å². The van der Waals surface area contributed by atoms with Gasteiger partial charge in [0.1, 0.15) is 12.3 Å². The Kier molecular flexibility index (Phi) is 9.25. The van der Waals surface area contributed by atoms with Gasteiger partial charge in [0.2, 0.25) is 0 Å². The second-order valence-electron chi connectivity index (χ2n) is 7.65.